The van der Waals surface area contributed by atoms with E-state index < -0.39 is 0 Å². The molecule has 0 aliphatic carbocycles. The first-order valence-electron chi connectivity index (χ1n) is 8.07. The van der Waals surface area contributed by atoms with Gasteiger partial charge in [-0.05, 0) is 44.9 Å². The smallest absolute Gasteiger partial charge is 0.226 e. The number of aryl methyl sites for hydroxylation is 1. The van der Waals surface area contributed by atoms with Crippen LogP contribution in [0.2, 0.25) is 5.02 Å². The molecule has 0 aromatic heterocycles. The largest absolute Gasteiger partial charge is 0.357 e. The van der Waals surface area contributed by atoms with E-state index in [9.17, 15) is 4.79 Å². The molecule has 0 spiro atoms. The molecule has 1 rings (SSSR count). The zero-order chi connectivity index (χ0) is 17.2. The van der Waals surface area contributed by atoms with Gasteiger partial charge in [0.2, 0.25) is 5.91 Å². The van der Waals surface area contributed by atoms with E-state index >= 15 is 0 Å². The van der Waals surface area contributed by atoms with Crippen molar-refractivity contribution in [3.8, 4) is 0 Å². The molecule has 0 radical (unpaired) electrons. The molecule has 0 saturated heterocycles. The first-order chi connectivity index (χ1) is 11.0. The van der Waals surface area contributed by atoms with E-state index in [0.717, 1.165) is 24.5 Å². The second-order valence-electron chi connectivity index (χ2n) is 5.50. The fourth-order valence-electron chi connectivity index (χ4n) is 1.86. The van der Waals surface area contributed by atoms with Crippen molar-refractivity contribution in [3.05, 3.63) is 28.8 Å². The van der Waals surface area contributed by atoms with Crippen molar-refractivity contribution in [3.63, 3.8) is 0 Å². The van der Waals surface area contributed by atoms with Gasteiger partial charge in [-0.1, -0.05) is 24.6 Å². The van der Waals surface area contributed by atoms with Crippen LogP contribution in [-0.2, 0) is 4.79 Å². The van der Waals surface area contributed by atoms with Gasteiger partial charge in [-0.25, -0.2) is 0 Å². The number of amides is 1. The van der Waals surface area contributed by atoms with Crippen molar-refractivity contribution in [2.75, 3.05) is 18.4 Å². The zero-order valence-corrected chi connectivity index (χ0v) is 15.1. The van der Waals surface area contributed by atoms with E-state index in [2.05, 4.69) is 34.8 Å². The van der Waals surface area contributed by atoms with Crippen molar-refractivity contribution >= 4 is 29.2 Å². The van der Waals surface area contributed by atoms with Crippen molar-refractivity contribution in [2.45, 2.75) is 46.6 Å². The van der Waals surface area contributed by atoms with Gasteiger partial charge in [0.1, 0.15) is 0 Å². The predicted molar refractivity (Wildman–Crippen MR) is 98.3 cm³/mol. The Kier molecular flexibility index (Phi) is 8.48. The topological polar surface area (TPSA) is 65.5 Å². The van der Waals surface area contributed by atoms with Crippen LogP contribution in [0.3, 0.4) is 0 Å². The summed E-state index contributed by atoms with van der Waals surface area (Å²) in [5, 5.41) is 9.83. The van der Waals surface area contributed by atoms with Gasteiger partial charge in [-0.3, -0.25) is 9.79 Å². The van der Waals surface area contributed by atoms with Crippen LogP contribution < -0.4 is 16.0 Å². The van der Waals surface area contributed by atoms with E-state index in [1.165, 1.54) is 0 Å². The van der Waals surface area contributed by atoms with E-state index in [1.807, 2.05) is 32.0 Å². The summed E-state index contributed by atoms with van der Waals surface area (Å²) in [5.74, 6) is 0.641. The highest BCUT2D eigenvalue weighted by Gasteiger charge is 2.07. The Hall–Kier alpha value is -1.75. The van der Waals surface area contributed by atoms with Crippen LogP contribution in [0, 0.1) is 6.92 Å². The van der Waals surface area contributed by atoms with Gasteiger partial charge < -0.3 is 16.0 Å². The number of rotatable bonds is 7. The minimum absolute atomic E-state index is 0.0982. The Morgan fingerprint density at radius 3 is 2.70 bits per heavy atom. The lowest BCUT2D eigenvalue weighted by atomic mass is 10.2. The van der Waals surface area contributed by atoms with E-state index in [1.54, 1.807) is 0 Å². The number of anilines is 1. The molecule has 1 aromatic carbocycles. The van der Waals surface area contributed by atoms with Crippen molar-refractivity contribution in [1.29, 1.82) is 0 Å². The fourth-order valence-corrected chi connectivity index (χ4v) is 2.14. The third-order valence-corrected chi connectivity index (χ3v) is 3.66. The molecular formula is C17H27ClN4O. The molecular weight excluding hydrogens is 312 g/mol. The second kappa shape index (κ2) is 10.1. The minimum Gasteiger partial charge on any atom is -0.357 e. The molecule has 1 amide bonds. The number of halogens is 1. The first-order valence-corrected chi connectivity index (χ1v) is 8.44. The van der Waals surface area contributed by atoms with Crippen LogP contribution in [0.15, 0.2) is 23.2 Å². The van der Waals surface area contributed by atoms with Crippen molar-refractivity contribution in [1.82, 2.24) is 10.6 Å². The molecule has 1 unspecified atom stereocenters. The number of hydrogen-bond acceptors (Lipinski definition) is 2. The normalized spacial score (nSPS) is 12.7. The number of hydrogen-bond donors (Lipinski definition) is 3. The lowest BCUT2D eigenvalue weighted by Crippen LogP contribution is -2.42. The van der Waals surface area contributed by atoms with E-state index in [-0.39, 0.29) is 5.91 Å². The van der Waals surface area contributed by atoms with Gasteiger partial charge in [0.25, 0.3) is 0 Å². The Balaban J connectivity index is 2.51. The monoisotopic (exact) mass is 338 g/mol. The van der Waals surface area contributed by atoms with Crippen LogP contribution in [0.4, 0.5) is 5.69 Å². The zero-order valence-electron chi connectivity index (χ0n) is 14.4. The number of carbonyl (C=O) groups is 1. The first kappa shape index (κ1) is 19.3. The van der Waals surface area contributed by atoms with Crippen molar-refractivity contribution in [2.24, 2.45) is 4.99 Å². The second-order valence-corrected chi connectivity index (χ2v) is 5.90. The van der Waals surface area contributed by atoms with Crippen LogP contribution in [-0.4, -0.2) is 31.0 Å². The number of aliphatic imine (C=N–C) groups is 1. The molecule has 128 valence electrons. The molecule has 1 atom stereocenters. The quantitative estimate of drug-likeness (QED) is 0.527. The maximum Gasteiger partial charge on any atom is 0.226 e. The molecule has 23 heavy (non-hydrogen) atoms. The lowest BCUT2D eigenvalue weighted by molar-refractivity contribution is -0.116. The highest BCUT2D eigenvalue weighted by atomic mass is 35.5. The highest BCUT2D eigenvalue weighted by Crippen LogP contribution is 2.22. The molecule has 0 heterocycles. The summed E-state index contributed by atoms with van der Waals surface area (Å²) in [7, 11) is 0. The summed E-state index contributed by atoms with van der Waals surface area (Å²) < 4.78 is 0. The van der Waals surface area contributed by atoms with Gasteiger partial charge in [0.05, 0.1) is 17.3 Å². The summed E-state index contributed by atoms with van der Waals surface area (Å²) >= 11 is 6.11. The molecule has 6 heteroatoms. The van der Waals surface area contributed by atoms with E-state index in [0.29, 0.717) is 29.7 Å². The molecule has 0 bridgehead atoms. The van der Waals surface area contributed by atoms with Crippen LogP contribution in [0.5, 0.6) is 0 Å². The standard InChI is InChI=1S/C17H27ClN4O/c1-5-13(4)21-17(19-6-2)20-10-9-16(23)22-15-8-7-12(3)11-14(15)18/h7-8,11,13H,5-6,9-10H2,1-4H3,(H,22,23)(H2,19,20,21). The lowest BCUT2D eigenvalue weighted by Gasteiger charge is -2.16. The van der Waals surface area contributed by atoms with E-state index in [4.69, 9.17) is 11.6 Å². The Morgan fingerprint density at radius 1 is 1.35 bits per heavy atom. The maximum absolute atomic E-state index is 12.0. The number of carbonyl (C=O) groups excluding carboxylic acids is 1. The van der Waals surface area contributed by atoms with Gasteiger partial charge >= 0.3 is 0 Å². The highest BCUT2D eigenvalue weighted by molar-refractivity contribution is 6.33. The Bertz CT molecular complexity index is 545. The number of benzene rings is 1. The van der Waals surface area contributed by atoms with Gasteiger partial charge in [-0.2, -0.15) is 0 Å². The molecule has 0 aliphatic rings. The molecule has 5 nitrogen and oxygen atoms in total. The Labute approximate surface area is 143 Å². The average molecular weight is 339 g/mol. The number of nitrogens with zero attached hydrogens (tertiary/aromatic N) is 1. The summed E-state index contributed by atoms with van der Waals surface area (Å²) in [5.41, 5.74) is 1.69. The Morgan fingerprint density at radius 2 is 2.09 bits per heavy atom. The summed E-state index contributed by atoms with van der Waals surface area (Å²) in [6.07, 6.45) is 1.32. The molecule has 0 fully saturated rings. The van der Waals surface area contributed by atoms with Crippen molar-refractivity contribution < 1.29 is 4.79 Å². The molecule has 0 saturated carbocycles. The predicted octanol–water partition coefficient (Wildman–Crippen LogP) is 3.33. The SMILES string of the molecule is CCNC(=NCCC(=O)Nc1ccc(C)cc1Cl)NC(C)CC. The summed E-state index contributed by atoms with van der Waals surface area (Å²) in [6, 6.07) is 5.90. The molecule has 3 N–H and O–H groups in total. The fraction of sp³-hybridized carbons (Fsp3) is 0.529. The summed E-state index contributed by atoms with van der Waals surface area (Å²) in [6.45, 7) is 9.38. The van der Waals surface area contributed by atoms with Crippen LogP contribution in [0.25, 0.3) is 0 Å². The summed E-state index contributed by atoms with van der Waals surface area (Å²) in [4.78, 5) is 16.4. The molecule has 0 aliphatic heterocycles. The number of guanidine groups is 1. The van der Waals surface area contributed by atoms with Gasteiger partial charge in [0, 0.05) is 19.0 Å². The van der Waals surface area contributed by atoms with Gasteiger partial charge in [0.15, 0.2) is 5.96 Å². The third-order valence-electron chi connectivity index (χ3n) is 3.35. The third kappa shape index (κ3) is 7.37. The van der Waals surface area contributed by atoms with Gasteiger partial charge in [-0.15, -0.1) is 0 Å². The maximum atomic E-state index is 12.0. The van der Waals surface area contributed by atoms with Crippen LogP contribution in [0.1, 0.15) is 39.2 Å². The number of nitrogens with one attached hydrogen (secondary N) is 3. The average Bonchev–Trinajstić information content (AvgIpc) is 2.50. The molecule has 1 aromatic rings. The van der Waals surface area contributed by atoms with Crippen LogP contribution >= 0.6 is 11.6 Å². The minimum atomic E-state index is -0.0982.